The monoisotopic (exact) mass is 266 g/mol. The molecule has 2 atom stereocenters. The van der Waals surface area contributed by atoms with Gasteiger partial charge in [0.05, 0.1) is 0 Å². The molecule has 112 valence electrons. The van der Waals surface area contributed by atoms with Gasteiger partial charge in [0.1, 0.15) is 0 Å². The van der Waals surface area contributed by atoms with Crippen molar-refractivity contribution in [3.63, 3.8) is 0 Å². The molecule has 19 heavy (non-hydrogen) atoms. The lowest BCUT2D eigenvalue weighted by Crippen LogP contribution is -2.58. The Labute approximate surface area is 120 Å². The highest BCUT2D eigenvalue weighted by molar-refractivity contribution is 4.98. The first-order chi connectivity index (χ1) is 8.87. The fraction of sp³-hybridized carbons (Fsp3) is 1.00. The van der Waals surface area contributed by atoms with Gasteiger partial charge in [-0.2, -0.15) is 0 Å². The largest absolute Gasteiger partial charge is 0.329 e. The molecular weight excluding hydrogens is 232 g/mol. The third kappa shape index (κ3) is 3.33. The molecule has 2 aliphatic rings. The summed E-state index contributed by atoms with van der Waals surface area (Å²) in [6.07, 6.45) is 8.15. The van der Waals surface area contributed by atoms with Crippen LogP contribution in [0.1, 0.15) is 66.2 Å². The van der Waals surface area contributed by atoms with Crippen LogP contribution >= 0.6 is 0 Å². The highest BCUT2D eigenvalue weighted by atomic mass is 15.2. The Morgan fingerprint density at radius 3 is 2.26 bits per heavy atom. The van der Waals surface area contributed by atoms with Crippen LogP contribution in [0.15, 0.2) is 0 Å². The molecule has 2 unspecified atom stereocenters. The summed E-state index contributed by atoms with van der Waals surface area (Å²) >= 11 is 0. The summed E-state index contributed by atoms with van der Waals surface area (Å²) < 4.78 is 0. The molecule has 1 saturated heterocycles. The molecular formula is C17H34N2. The van der Waals surface area contributed by atoms with Crippen LogP contribution in [-0.2, 0) is 0 Å². The fourth-order valence-electron chi connectivity index (χ4n) is 4.45. The van der Waals surface area contributed by atoms with Gasteiger partial charge in [-0.25, -0.2) is 0 Å². The molecule has 1 heterocycles. The number of hydrogen-bond acceptors (Lipinski definition) is 2. The average Bonchev–Trinajstić information content (AvgIpc) is 2.38. The zero-order chi connectivity index (χ0) is 14.1. The summed E-state index contributed by atoms with van der Waals surface area (Å²) in [6.45, 7) is 13.0. The molecule has 2 N–H and O–H groups in total. The van der Waals surface area contributed by atoms with Crippen LogP contribution in [0.25, 0.3) is 0 Å². The SMILES string of the molecule is CC1CCCC(CN)(N2CCC(C(C)(C)C)CC2)C1. The van der Waals surface area contributed by atoms with E-state index in [1.165, 1.54) is 51.6 Å². The molecule has 0 aromatic carbocycles. The van der Waals surface area contributed by atoms with E-state index in [0.29, 0.717) is 11.0 Å². The van der Waals surface area contributed by atoms with Crippen molar-refractivity contribution in [2.24, 2.45) is 23.0 Å². The Morgan fingerprint density at radius 2 is 1.79 bits per heavy atom. The maximum Gasteiger partial charge on any atom is 0.0334 e. The number of likely N-dealkylation sites (tertiary alicyclic amines) is 1. The lowest BCUT2D eigenvalue weighted by molar-refractivity contribution is -0.00296. The van der Waals surface area contributed by atoms with Crippen LogP contribution < -0.4 is 5.73 Å². The molecule has 2 fully saturated rings. The third-order valence-corrected chi connectivity index (χ3v) is 5.84. The van der Waals surface area contributed by atoms with Gasteiger partial charge in [0, 0.05) is 12.1 Å². The van der Waals surface area contributed by atoms with E-state index in [4.69, 9.17) is 5.73 Å². The summed E-state index contributed by atoms with van der Waals surface area (Å²) in [6, 6.07) is 0. The Bertz CT molecular complexity index is 286. The average molecular weight is 266 g/mol. The summed E-state index contributed by atoms with van der Waals surface area (Å²) in [5.74, 6) is 1.75. The van der Waals surface area contributed by atoms with E-state index in [1.54, 1.807) is 0 Å². The van der Waals surface area contributed by atoms with Gasteiger partial charge in [-0.3, -0.25) is 4.90 Å². The van der Waals surface area contributed by atoms with E-state index in [2.05, 4.69) is 32.6 Å². The Morgan fingerprint density at radius 1 is 1.16 bits per heavy atom. The molecule has 0 bridgehead atoms. The smallest absolute Gasteiger partial charge is 0.0334 e. The van der Waals surface area contributed by atoms with Crippen molar-refractivity contribution < 1.29 is 0 Å². The Hall–Kier alpha value is -0.0800. The second kappa shape index (κ2) is 5.73. The van der Waals surface area contributed by atoms with Crippen molar-refractivity contribution in [2.45, 2.75) is 71.8 Å². The van der Waals surface area contributed by atoms with Gasteiger partial charge in [-0.15, -0.1) is 0 Å². The molecule has 1 aliphatic carbocycles. The number of hydrogen-bond donors (Lipinski definition) is 1. The van der Waals surface area contributed by atoms with Gasteiger partial charge in [-0.05, 0) is 56.0 Å². The quantitative estimate of drug-likeness (QED) is 0.826. The van der Waals surface area contributed by atoms with Crippen LogP contribution in [0, 0.1) is 17.3 Å². The second-order valence-electron chi connectivity index (χ2n) is 8.26. The molecule has 0 aromatic rings. The van der Waals surface area contributed by atoms with Crippen molar-refractivity contribution in [1.29, 1.82) is 0 Å². The third-order valence-electron chi connectivity index (χ3n) is 5.84. The predicted octanol–water partition coefficient (Wildman–Crippen LogP) is 3.65. The van der Waals surface area contributed by atoms with E-state index in [0.717, 1.165) is 18.4 Å². The highest BCUT2D eigenvalue weighted by Gasteiger charge is 2.41. The van der Waals surface area contributed by atoms with Crippen LogP contribution in [0.2, 0.25) is 0 Å². The van der Waals surface area contributed by atoms with Crippen LogP contribution in [0.4, 0.5) is 0 Å². The van der Waals surface area contributed by atoms with Gasteiger partial charge >= 0.3 is 0 Å². The summed E-state index contributed by atoms with van der Waals surface area (Å²) in [5, 5.41) is 0. The molecule has 0 amide bonds. The molecule has 0 spiro atoms. The van der Waals surface area contributed by atoms with Crippen LogP contribution in [0.3, 0.4) is 0 Å². The topological polar surface area (TPSA) is 29.3 Å². The van der Waals surface area contributed by atoms with Gasteiger partial charge in [0.25, 0.3) is 0 Å². The number of nitrogens with two attached hydrogens (primary N) is 1. The van der Waals surface area contributed by atoms with Gasteiger partial charge in [-0.1, -0.05) is 40.5 Å². The van der Waals surface area contributed by atoms with E-state index in [1.807, 2.05) is 0 Å². The van der Waals surface area contributed by atoms with E-state index in [9.17, 15) is 0 Å². The summed E-state index contributed by atoms with van der Waals surface area (Å²) in [7, 11) is 0. The van der Waals surface area contributed by atoms with Crippen molar-refractivity contribution in [1.82, 2.24) is 4.90 Å². The van der Waals surface area contributed by atoms with Gasteiger partial charge < -0.3 is 5.73 Å². The summed E-state index contributed by atoms with van der Waals surface area (Å²) in [5.41, 5.74) is 7.02. The summed E-state index contributed by atoms with van der Waals surface area (Å²) in [4.78, 5) is 2.75. The first kappa shape index (κ1) is 15.3. The molecule has 2 nitrogen and oxygen atoms in total. The molecule has 2 rings (SSSR count). The van der Waals surface area contributed by atoms with Crippen molar-refractivity contribution in [3.8, 4) is 0 Å². The number of rotatable bonds is 2. The van der Waals surface area contributed by atoms with E-state index < -0.39 is 0 Å². The first-order valence-electron chi connectivity index (χ1n) is 8.32. The van der Waals surface area contributed by atoms with Crippen molar-refractivity contribution in [2.75, 3.05) is 19.6 Å². The van der Waals surface area contributed by atoms with E-state index in [-0.39, 0.29) is 0 Å². The van der Waals surface area contributed by atoms with Gasteiger partial charge in [0.15, 0.2) is 0 Å². The maximum absolute atomic E-state index is 6.21. The molecule has 0 radical (unpaired) electrons. The molecule has 1 saturated carbocycles. The van der Waals surface area contributed by atoms with Crippen LogP contribution in [-0.4, -0.2) is 30.1 Å². The zero-order valence-electron chi connectivity index (χ0n) is 13.5. The molecule has 0 aromatic heterocycles. The van der Waals surface area contributed by atoms with Gasteiger partial charge in [0.2, 0.25) is 0 Å². The van der Waals surface area contributed by atoms with Crippen molar-refractivity contribution >= 4 is 0 Å². The minimum Gasteiger partial charge on any atom is -0.329 e. The minimum atomic E-state index is 0.334. The second-order valence-corrected chi connectivity index (χ2v) is 8.26. The molecule has 1 aliphatic heterocycles. The highest BCUT2D eigenvalue weighted by Crippen LogP contribution is 2.41. The molecule has 2 heteroatoms. The Kier molecular flexibility index (Phi) is 4.62. The maximum atomic E-state index is 6.21. The van der Waals surface area contributed by atoms with Crippen LogP contribution in [0.5, 0.6) is 0 Å². The first-order valence-corrected chi connectivity index (χ1v) is 8.32. The predicted molar refractivity (Wildman–Crippen MR) is 83.2 cm³/mol. The zero-order valence-corrected chi connectivity index (χ0v) is 13.5. The minimum absolute atomic E-state index is 0.334. The van der Waals surface area contributed by atoms with E-state index >= 15 is 0 Å². The number of nitrogens with zero attached hydrogens (tertiary/aromatic N) is 1. The lowest BCUT2D eigenvalue weighted by atomic mass is 9.71. The lowest BCUT2D eigenvalue weighted by Gasteiger charge is -2.51. The Balaban J connectivity index is 1.99. The number of piperidine rings is 1. The fourth-order valence-corrected chi connectivity index (χ4v) is 4.45. The normalized spacial score (nSPS) is 35.5. The standard InChI is InChI=1S/C17H34N2/c1-14-6-5-9-17(12-14,13-18)19-10-7-15(8-11-19)16(2,3)4/h14-15H,5-13,18H2,1-4H3. The van der Waals surface area contributed by atoms with Crippen molar-refractivity contribution in [3.05, 3.63) is 0 Å².